The van der Waals surface area contributed by atoms with E-state index in [2.05, 4.69) is 10.6 Å². The first kappa shape index (κ1) is 19.0. The van der Waals surface area contributed by atoms with Gasteiger partial charge in [-0.2, -0.15) is 0 Å². The lowest BCUT2D eigenvalue weighted by molar-refractivity contribution is -0.118. The second-order valence-electron chi connectivity index (χ2n) is 5.82. The fraction of sp³-hybridized carbons (Fsp3) is 0.0476. The van der Waals surface area contributed by atoms with Crippen LogP contribution in [0.1, 0.15) is 22.0 Å². The smallest absolute Gasteiger partial charge is 0.252 e. The molecule has 0 aliphatic rings. The minimum absolute atomic E-state index is 0.370. The van der Waals surface area contributed by atoms with E-state index < -0.39 is 6.04 Å². The first-order valence-electron chi connectivity index (χ1n) is 8.21. The molecule has 0 saturated carbocycles. The van der Waals surface area contributed by atoms with Gasteiger partial charge in [0.25, 0.3) is 11.8 Å². The maximum atomic E-state index is 12.9. The highest BCUT2D eigenvalue weighted by molar-refractivity contribution is 6.31. The van der Waals surface area contributed by atoms with Crippen molar-refractivity contribution < 1.29 is 9.59 Å². The van der Waals surface area contributed by atoms with Crippen LogP contribution in [-0.4, -0.2) is 11.8 Å². The van der Waals surface area contributed by atoms with E-state index in [1.54, 1.807) is 60.7 Å². The zero-order valence-electron chi connectivity index (χ0n) is 14.2. The van der Waals surface area contributed by atoms with Gasteiger partial charge in [-0.05, 0) is 48.0 Å². The summed E-state index contributed by atoms with van der Waals surface area (Å²) in [5.74, 6) is -0.743. The van der Waals surface area contributed by atoms with Gasteiger partial charge in [0.2, 0.25) is 0 Å². The van der Waals surface area contributed by atoms with Crippen LogP contribution in [0.5, 0.6) is 0 Å². The molecule has 0 aliphatic carbocycles. The Bertz CT molecular complexity index is 944. The van der Waals surface area contributed by atoms with Gasteiger partial charge < -0.3 is 10.6 Å². The predicted octanol–water partition coefficient (Wildman–Crippen LogP) is 5.10. The highest BCUT2D eigenvalue weighted by atomic mass is 35.5. The second kappa shape index (κ2) is 8.71. The van der Waals surface area contributed by atoms with Gasteiger partial charge in [-0.3, -0.25) is 9.59 Å². The molecule has 2 amide bonds. The normalized spacial score (nSPS) is 11.5. The molecule has 0 aliphatic heterocycles. The Labute approximate surface area is 167 Å². The monoisotopic (exact) mass is 398 g/mol. The molecule has 0 bridgehead atoms. The van der Waals surface area contributed by atoms with Crippen LogP contribution in [0.25, 0.3) is 0 Å². The Balaban J connectivity index is 1.83. The van der Waals surface area contributed by atoms with Crippen molar-refractivity contribution >= 4 is 40.7 Å². The van der Waals surface area contributed by atoms with Gasteiger partial charge in [-0.15, -0.1) is 0 Å². The highest BCUT2D eigenvalue weighted by Crippen LogP contribution is 2.20. The second-order valence-corrected chi connectivity index (χ2v) is 6.70. The third kappa shape index (κ3) is 5.09. The number of rotatable bonds is 5. The van der Waals surface area contributed by atoms with E-state index in [-0.39, 0.29) is 11.8 Å². The van der Waals surface area contributed by atoms with E-state index in [0.717, 1.165) is 0 Å². The molecule has 0 radical (unpaired) electrons. The molecule has 27 heavy (non-hydrogen) atoms. The summed E-state index contributed by atoms with van der Waals surface area (Å²) < 4.78 is 0. The largest absolute Gasteiger partial charge is 0.336 e. The van der Waals surface area contributed by atoms with Gasteiger partial charge in [0.1, 0.15) is 6.04 Å². The number of hydrogen-bond donors (Lipinski definition) is 2. The number of benzene rings is 3. The number of amides is 2. The lowest BCUT2D eigenvalue weighted by Gasteiger charge is -2.19. The molecule has 3 aromatic carbocycles. The SMILES string of the molecule is O=C(NC(C(=O)Nc1cccc(Cl)c1)c1ccccc1)c1ccc(Cl)cc1. The fourth-order valence-electron chi connectivity index (χ4n) is 2.54. The lowest BCUT2D eigenvalue weighted by atomic mass is 10.1. The van der Waals surface area contributed by atoms with Gasteiger partial charge in [0.15, 0.2) is 0 Å². The number of carbonyl (C=O) groups excluding carboxylic acids is 2. The molecular weight excluding hydrogens is 383 g/mol. The molecule has 0 saturated heterocycles. The number of carbonyl (C=O) groups is 2. The molecule has 1 unspecified atom stereocenters. The standard InChI is InChI=1S/C21H16Cl2N2O2/c22-16-11-9-15(10-12-16)20(26)25-19(14-5-2-1-3-6-14)21(27)24-18-8-4-7-17(23)13-18/h1-13,19H,(H,24,27)(H,25,26). The van der Waals surface area contributed by atoms with E-state index in [0.29, 0.717) is 26.9 Å². The molecule has 3 rings (SSSR count). The molecule has 3 aromatic rings. The summed E-state index contributed by atoms with van der Waals surface area (Å²) in [5, 5.41) is 6.61. The van der Waals surface area contributed by atoms with Crippen molar-refractivity contribution in [3.63, 3.8) is 0 Å². The Morgan fingerprint density at radius 3 is 2.15 bits per heavy atom. The van der Waals surface area contributed by atoms with Crippen molar-refractivity contribution in [1.29, 1.82) is 0 Å². The van der Waals surface area contributed by atoms with Gasteiger partial charge in [0.05, 0.1) is 0 Å². The summed E-state index contributed by atoms with van der Waals surface area (Å²) in [6.45, 7) is 0. The zero-order valence-corrected chi connectivity index (χ0v) is 15.7. The molecule has 2 N–H and O–H groups in total. The quantitative estimate of drug-likeness (QED) is 0.627. The van der Waals surface area contributed by atoms with Gasteiger partial charge >= 0.3 is 0 Å². The maximum absolute atomic E-state index is 12.9. The summed E-state index contributed by atoms with van der Waals surface area (Å²) in [7, 11) is 0. The van der Waals surface area contributed by atoms with Crippen molar-refractivity contribution in [2.75, 3.05) is 5.32 Å². The third-order valence-electron chi connectivity index (χ3n) is 3.87. The molecular formula is C21H16Cl2N2O2. The van der Waals surface area contributed by atoms with Crippen molar-refractivity contribution in [1.82, 2.24) is 5.32 Å². The molecule has 1 atom stereocenters. The average molecular weight is 399 g/mol. The number of nitrogens with one attached hydrogen (secondary N) is 2. The van der Waals surface area contributed by atoms with E-state index in [1.807, 2.05) is 18.2 Å². The molecule has 4 nitrogen and oxygen atoms in total. The van der Waals surface area contributed by atoms with Crippen LogP contribution < -0.4 is 10.6 Å². The Kier molecular flexibility index (Phi) is 6.12. The van der Waals surface area contributed by atoms with Crippen LogP contribution in [0.4, 0.5) is 5.69 Å². The Morgan fingerprint density at radius 2 is 1.48 bits per heavy atom. The molecule has 0 fully saturated rings. The van der Waals surface area contributed by atoms with E-state index in [1.165, 1.54) is 0 Å². The van der Waals surface area contributed by atoms with Crippen LogP contribution >= 0.6 is 23.2 Å². The first-order valence-corrected chi connectivity index (χ1v) is 8.96. The zero-order chi connectivity index (χ0) is 19.2. The summed E-state index contributed by atoms with van der Waals surface area (Å²) >= 11 is 11.8. The molecule has 136 valence electrons. The van der Waals surface area contributed by atoms with Gasteiger partial charge in [-0.1, -0.05) is 59.6 Å². The summed E-state index contributed by atoms with van der Waals surface area (Å²) in [5.41, 5.74) is 1.63. The van der Waals surface area contributed by atoms with Crippen LogP contribution in [0, 0.1) is 0 Å². The minimum Gasteiger partial charge on any atom is -0.336 e. The van der Waals surface area contributed by atoms with Crippen molar-refractivity contribution in [3.8, 4) is 0 Å². The number of anilines is 1. The topological polar surface area (TPSA) is 58.2 Å². The van der Waals surface area contributed by atoms with E-state index >= 15 is 0 Å². The average Bonchev–Trinajstić information content (AvgIpc) is 2.67. The molecule has 6 heteroatoms. The van der Waals surface area contributed by atoms with Gasteiger partial charge in [-0.25, -0.2) is 0 Å². The van der Waals surface area contributed by atoms with E-state index in [9.17, 15) is 9.59 Å². The van der Waals surface area contributed by atoms with E-state index in [4.69, 9.17) is 23.2 Å². The van der Waals surface area contributed by atoms with Crippen LogP contribution in [0.15, 0.2) is 78.9 Å². The minimum atomic E-state index is -0.867. The van der Waals surface area contributed by atoms with Crippen LogP contribution in [0.2, 0.25) is 10.0 Å². The summed E-state index contributed by atoms with van der Waals surface area (Å²) in [4.78, 5) is 25.5. The fourth-order valence-corrected chi connectivity index (χ4v) is 2.86. The van der Waals surface area contributed by atoms with Crippen molar-refractivity contribution in [2.24, 2.45) is 0 Å². The molecule has 0 aromatic heterocycles. The highest BCUT2D eigenvalue weighted by Gasteiger charge is 2.23. The predicted molar refractivity (Wildman–Crippen MR) is 108 cm³/mol. The lowest BCUT2D eigenvalue weighted by Crippen LogP contribution is -2.37. The first-order chi connectivity index (χ1) is 13.0. The van der Waals surface area contributed by atoms with Crippen LogP contribution in [0.3, 0.4) is 0 Å². The Hall–Kier alpha value is -2.82. The van der Waals surface area contributed by atoms with Gasteiger partial charge in [0, 0.05) is 21.3 Å². The van der Waals surface area contributed by atoms with Crippen molar-refractivity contribution in [2.45, 2.75) is 6.04 Å². The summed E-state index contributed by atoms with van der Waals surface area (Å²) in [6, 6.07) is 21.4. The summed E-state index contributed by atoms with van der Waals surface area (Å²) in [6.07, 6.45) is 0. The molecule has 0 spiro atoms. The third-order valence-corrected chi connectivity index (χ3v) is 4.36. The number of hydrogen-bond acceptors (Lipinski definition) is 2. The maximum Gasteiger partial charge on any atom is 0.252 e. The van der Waals surface area contributed by atoms with Crippen LogP contribution in [-0.2, 0) is 4.79 Å². The Morgan fingerprint density at radius 1 is 0.778 bits per heavy atom. The van der Waals surface area contributed by atoms with Crippen molar-refractivity contribution in [3.05, 3.63) is 100 Å². The number of halogens is 2. The molecule has 0 heterocycles.